The Balaban J connectivity index is 1.36. The Kier molecular flexibility index (Phi) is 4.19. The number of sulfonamides is 1. The van der Waals surface area contributed by atoms with Crippen LogP contribution in [0.2, 0.25) is 0 Å². The topological polar surface area (TPSA) is 76.5 Å². The van der Waals surface area contributed by atoms with Gasteiger partial charge in [-0.15, -0.1) is 0 Å². The molecule has 8 heteroatoms. The second-order valence-corrected chi connectivity index (χ2v) is 9.56. The molecule has 0 amide bonds. The number of aromatic nitrogens is 2. The van der Waals surface area contributed by atoms with Gasteiger partial charge in [0.05, 0.1) is 17.0 Å². The van der Waals surface area contributed by atoms with Gasteiger partial charge in [0, 0.05) is 51.1 Å². The number of ether oxygens (including phenoxy) is 1. The first-order valence-corrected chi connectivity index (χ1v) is 10.3. The summed E-state index contributed by atoms with van der Waals surface area (Å²) >= 11 is 0. The van der Waals surface area contributed by atoms with E-state index in [1.54, 1.807) is 0 Å². The van der Waals surface area contributed by atoms with Crippen molar-refractivity contribution < 1.29 is 13.2 Å². The van der Waals surface area contributed by atoms with E-state index in [0.717, 1.165) is 51.7 Å². The van der Waals surface area contributed by atoms with E-state index >= 15 is 0 Å². The van der Waals surface area contributed by atoms with Gasteiger partial charge in [0.2, 0.25) is 10.0 Å². The lowest BCUT2D eigenvalue weighted by Crippen LogP contribution is -2.50. The molecule has 0 bridgehead atoms. The van der Waals surface area contributed by atoms with Crippen LogP contribution in [0.1, 0.15) is 37.7 Å². The predicted octanol–water partition coefficient (Wildman–Crippen LogP) is 0.625. The molecule has 0 unspecified atom stereocenters. The Hall–Kier alpha value is -0.960. The normalized spacial score (nSPS) is 31.8. The SMILES string of the molecule is Cn1cc(CN2CC[C@]3(C[C@@H](NS(=O)(=O)C4CC4)CCO3)C2)cn1. The second-order valence-electron chi connectivity index (χ2n) is 7.57. The maximum absolute atomic E-state index is 12.2. The number of nitrogens with one attached hydrogen (secondary N) is 1. The molecular formula is C16H26N4O3S. The quantitative estimate of drug-likeness (QED) is 0.839. The highest BCUT2D eigenvalue weighted by atomic mass is 32.2. The fraction of sp³-hybridized carbons (Fsp3) is 0.812. The summed E-state index contributed by atoms with van der Waals surface area (Å²) in [6.07, 6.45) is 8.08. The van der Waals surface area contributed by atoms with Crippen molar-refractivity contribution in [3.8, 4) is 0 Å². The van der Waals surface area contributed by atoms with Crippen LogP contribution in [0.3, 0.4) is 0 Å². The van der Waals surface area contributed by atoms with Crippen LogP contribution in [0.15, 0.2) is 12.4 Å². The van der Waals surface area contributed by atoms with Crippen molar-refractivity contribution >= 4 is 10.0 Å². The Morgan fingerprint density at radius 2 is 2.25 bits per heavy atom. The number of nitrogens with zero attached hydrogens (tertiary/aromatic N) is 3. The summed E-state index contributed by atoms with van der Waals surface area (Å²) in [6.45, 7) is 3.36. The van der Waals surface area contributed by atoms with Crippen LogP contribution in [0, 0.1) is 0 Å². The molecule has 7 nitrogen and oxygen atoms in total. The Labute approximate surface area is 143 Å². The van der Waals surface area contributed by atoms with Crippen LogP contribution in [-0.4, -0.2) is 59.7 Å². The Morgan fingerprint density at radius 1 is 1.42 bits per heavy atom. The maximum atomic E-state index is 12.2. The third kappa shape index (κ3) is 3.51. The van der Waals surface area contributed by atoms with Gasteiger partial charge in [0.1, 0.15) is 0 Å². The van der Waals surface area contributed by atoms with E-state index in [0.29, 0.717) is 6.61 Å². The van der Waals surface area contributed by atoms with Crippen LogP contribution >= 0.6 is 0 Å². The standard InChI is InChI=1S/C16H26N4O3S/c1-19-10-13(9-17-19)11-20-6-5-16(12-20)8-14(4-7-23-16)18-24(21,22)15-2-3-15/h9-10,14-15,18H,2-8,11-12H2,1H3/t14-,16-/m0/s1. The van der Waals surface area contributed by atoms with Gasteiger partial charge >= 0.3 is 0 Å². The highest BCUT2D eigenvalue weighted by Gasteiger charge is 2.45. The Morgan fingerprint density at radius 3 is 2.96 bits per heavy atom. The molecule has 3 fully saturated rings. The van der Waals surface area contributed by atoms with E-state index in [1.807, 2.05) is 24.1 Å². The molecule has 1 aromatic rings. The van der Waals surface area contributed by atoms with Crippen molar-refractivity contribution in [3.05, 3.63) is 18.0 Å². The average Bonchev–Trinajstić information content (AvgIpc) is 3.22. The molecule has 1 aliphatic carbocycles. The van der Waals surface area contributed by atoms with Crippen LogP contribution in [-0.2, 0) is 28.4 Å². The van der Waals surface area contributed by atoms with Crippen LogP contribution in [0.5, 0.6) is 0 Å². The lowest BCUT2D eigenvalue weighted by Gasteiger charge is -2.38. The third-order valence-corrected chi connectivity index (χ3v) is 7.36. The minimum atomic E-state index is -3.12. The second kappa shape index (κ2) is 6.09. The monoisotopic (exact) mass is 354 g/mol. The molecule has 2 aliphatic heterocycles. The molecule has 1 saturated carbocycles. The molecule has 2 atom stereocenters. The summed E-state index contributed by atoms with van der Waals surface area (Å²) in [5.41, 5.74) is 1.01. The van der Waals surface area contributed by atoms with Crippen molar-refractivity contribution in [3.63, 3.8) is 0 Å². The molecule has 4 rings (SSSR count). The van der Waals surface area contributed by atoms with Crippen molar-refractivity contribution in [2.75, 3.05) is 19.7 Å². The smallest absolute Gasteiger partial charge is 0.214 e. The summed E-state index contributed by atoms with van der Waals surface area (Å²) in [5.74, 6) is 0. The molecular weight excluding hydrogens is 328 g/mol. The fourth-order valence-electron chi connectivity index (χ4n) is 3.99. The minimum Gasteiger partial charge on any atom is -0.373 e. The zero-order valence-corrected chi connectivity index (χ0v) is 15.0. The summed E-state index contributed by atoms with van der Waals surface area (Å²) in [4.78, 5) is 2.38. The van der Waals surface area contributed by atoms with E-state index in [1.165, 1.54) is 5.56 Å². The maximum Gasteiger partial charge on any atom is 0.214 e. The number of likely N-dealkylation sites (tertiary alicyclic amines) is 1. The van der Waals surface area contributed by atoms with E-state index in [4.69, 9.17) is 4.74 Å². The van der Waals surface area contributed by atoms with Gasteiger partial charge in [0.15, 0.2) is 0 Å². The first-order valence-electron chi connectivity index (χ1n) is 8.79. The zero-order valence-electron chi connectivity index (χ0n) is 14.1. The van der Waals surface area contributed by atoms with Gasteiger partial charge in [0.25, 0.3) is 0 Å². The van der Waals surface area contributed by atoms with E-state index in [-0.39, 0.29) is 16.9 Å². The van der Waals surface area contributed by atoms with Gasteiger partial charge in [-0.3, -0.25) is 9.58 Å². The van der Waals surface area contributed by atoms with Crippen molar-refractivity contribution in [1.29, 1.82) is 0 Å². The molecule has 2 saturated heterocycles. The van der Waals surface area contributed by atoms with Crippen LogP contribution in [0.25, 0.3) is 0 Å². The first-order chi connectivity index (χ1) is 11.4. The van der Waals surface area contributed by atoms with Gasteiger partial charge in [-0.05, 0) is 32.1 Å². The molecule has 3 heterocycles. The summed E-state index contributed by atoms with van der Waals surface area (Å²) in [6, 6.07) is 0.0164. The minimum absolute atomic E-state index is 0.0164. The number of rotatable bonds is 5. The zero-order chi connectivity index (χ0) is 16.8. The molecule has 24 heavy (non-hydrogen) atoms. The van der Waals surface area contributed by atoms with E-state index in [2.05, 4.69) is 14.7 Å². The largest absolute Gasteiger partial charge is 0.373 e. The van der Waals surface area contributed by atoms with Gasteiger partial charge in [-0.25, -0.2) is 13.1 Å². The molecule has 0 radical (unpaired) electrons. The van der Waals surface area contributed by atoms with Crippen LogP contribution < -0.4 is 4.72 Å². The van der Waals surface area contributed by atoms with Crippen molar-refractivity contribution in [2.24, 2.45) is 7.05 Å². The Bertz CT molecular complexity index is 700. The van der Waals surface area contributed by atoms with E-state index < -0.39 is 10.0 Å². The van der Waals surface area contributed by atoms with Gasteiger partial charge < -0.3 is 4.74 Å². The highest BCUT2D eigenvalue weighted by Crippen LogP contribution is 2.36. The fourth-order valence-corrected chi connectivity index (χ4v) is 5.61. The molecule has 0 aromatic carbocycles. The predicted molar refractivity (Wildman–Crippen MR) is 89.9 cm³/mol. The van der Waals surface area contributed by atoms with Crippen LogP contribution in [0.4, 0.5) is 0 Å². The summed E-state index contributed by atoms with van der Waals surface area (Å²) < 4.78 is 35.3. The lowest BCUT2D eigenvalue weighted by atomic mass is 9.90. The number of aryl methyl sites for hydroxylation is 1. The van der Waals surface area contributed by atoms with Crippen molar-refractivity contribution in [2.45, 2.75) is 55.5 Å². The van der Waals surface area contributed by atoms with Gasteiger partial charge in [-0.1, -0.05) is 0 Å². The summed E-state index contributed by atoms with van der Waals surface area (Å²) in [5, 5.41) is 4.07. The molecule has 134 valence electrons. The number of hydrogen-bond acceptors (Lipinski definition) is 5. The van der Waals surface area contributed by atoms with E-state index in [9.17, 15) is 8.42 Å². The first kappa shape index (κ1) is 16.5. The van der Waals surface area contributed by atoms with Crippen molar-refractivity contribution in [1.82, 2.24) is 19.4 Å². The number of hydrogen-bond donors (Lipinski definition) is 1. The molecule has 3 aliphatic rings. The lowest BCUT2D eigenvalue weighted by molar-refractivity contribution is -0.0779. The third-order valence-electron chi connectivity index (χ3n) is 5.35. The molecule has 1 spiro atoms. The highest BCUT2D eigenvalue weighted by molar-refractivity contribution is 7.90. The molecule has 1 N–H and O–H groups in total. The van der Waals surface area contributed by atoms with Gasteiger partial charge in [-0.2, -0.15) is 5.10 Å². The average molecular weight is 354 g/mol. The summed E-state index contributed by atoms with van der Waals surface area (Å²) in [7, 11) is -1.20. The molecule has 1 aromatic heterocycles.